The SMILES string of the molecule is C[C@H]1CC[C@H](n2cc(NC(=O)c3cnn4ccc(N5CC[C@H](O)C5)nc34)c(C(F)F)n2)CC1. The Kier molecular flexibility index (Phi) is 5.73. The second kappa shape index (κ2) is 8.69. The molecule has 0 radical (unpaired) electrons. The van der Waals surface area contributed by atoms with Crippen molar-refractivity contribution in [3.8, 4) is 0 Å². The number of alkyl halides is 2. The second-order valence-electron chi connectivity index (χ2n) is 9.08. The summed E-state index contributed by atoms with van der Waals surface area (Å²) in [5.41, 5.74) is 0.0691. The highest BCUT2D eigenvalue weighted by Crippen LogP contribution is 2.34. The van der Waals surface area contributed by atoms with E-state index in [0.29, 0.717) is 36.9 Å². The van der Waals surface area contributed by atoms with Gasteiger partial charge in [-0.05, 0) is 44.1 Å². The molecule has 0 spiro atoms. The maximum absolute atomic E-state index is 13.7. The molecule has 11 heteroatoms. The highest BCUT2D eigenvalue weighted by atomic mass is 19.3. The standard InChI is InChI=1S/C22H27F2N7O2/c1-13-2-4-14(5-3-13)31-12-17(19(28-31)20(23)24)26-22(33)16-10-25-30-9-7-18(27-21(16)30)29-8-6-15(32)11-29/h7,9-10,12-15,20,32H,2-6,8,11H2,1H3,(H,26,33)/t13-,14-,15-/m0/s1. The van der Waals surface area contributed by atoms with Gasteiger partial charge in [0.25, 0.3) is 12.3 Å². The molecule has 1 amide bonds. The summed E-state index contributed by atoms with van der Waals surface area (Å²) < 4.78 is 30.4. The van der Waals surface area contributed by atoms with Crippen LogP contribution in [0.3, 0.4) is 0 Å². The van der Waals surface area contributed by atoms with Crippen molar-refractivity contribution >= 4 is 23.1 Å². The van der Waals surface area contributed by atoms with Crippen molar-refractivity contribution in [2.24, 2.45) is 5.92 Å². The van der Waals surface area contributed by atoms with Crippen molar-refractivity contribution in [1.29, 1.82) is 0 Å². The highest BCUT2D eigenvalue weighted by Gasteiger charge is 2.27. The van der Waals surface area contributed by atoms with Crippen LogP contribution in [0.25, 0.3) is 5.65 Å². The predicted molar refractivity (Wildman–Crippen MR) is 118 cm³/mol. The number of aliphatic hydroxyl groups excluding tert-OH is 1. The molecule has 176 valence electrons. The number of nitrogens with zero attached hydrogens (tertiary/aromatic N) is 6. The summed E-state index contributed by atoms with van der Waals surface area (Å²) in [5, 5.41) is 20.7. The Bertz CT molecular complexity index is 1150. The van der Waals surface area contributed by atoms with Gasteiger partial charge in [-0.3, -0.25) is 9.48 Å². The highest BCUT2D eigenvalue weighted by molar-refractivity contribution is 6.08. The maximum atomic E-state index is 13.7. The molecule has 1 aliphatic carbocycles. The Morgan fingerprint density at radius 2 is 2.03 bits per heavy atom. The van der Waals surface area contributed by atoms with Crippen molar-refractivity contribution in [1.82, 2.24) is 24.4 Å². The van der Waals surface area contributed by atoms with Crippen LogP contribution in [0.4, 0.5) is 20.3 Å². The number of amides is 1. The van der Waals surface area contributed by atoms with E-state index in [1.54, 1.807) is 16.9 Å². The quantitative estimate of drug-likeness (QED) is 0.606. The summed E-state index contributed by atoms with van der Waals surface area (Å²) in [4.78, 5) is 19.5. The van der Waals surface area contributed by atoms with E-state index in [4.69, 9.17) is 0 Å². The van der Waals surface area contributed by atoms with Crippen molar-refractivity contribution in [2.45, 2.75) is 57.6 Å². The van der Waals surface area contributed by atoms with E-state index in [1.807, 2.05) is 4.90 Å². The first-order valence-corrected chi connectivity index (χ1v) is 11.3. The zero-order valence-corrected chi connectivity index (χ0v) is 18.4. The molecule has 0 aromatic carbocycles. The van der Waals surface area contributed by atoms with E-state index in [-0.39, 0.29) is 17.3 Å². The van der Waals surface area contributed by atoms with Gasteiger partial charge in [0.1, 0.15) is 11.4 Å². The Morgan fingerprint density at radius 3 is 2.73 bits per heavy atom. The van der Waals surface area contributed by atoms with Gasteiger partial charge >= 0.3 is 0 Å². The van der Waals surface area contributed by atoms with E-state index in [1.165, 1.54) is 16.9 Å². The fourth-order valence-corrected chi connectivity index (χ4v) is 4.69. The first kappa shape index (κ1) is 21.7. The lowest BCUT2D eigenvalue weighted by Gasteiger charge is -2.26. The molecule has 1 saturated carbocycles. The second-order valence-corrected chi connectivity index (χ2v) is 9.08. The van der Waals surface area contributed by atoms with Crippen LogP contribution in [0.1, 0.15) is 67.5 Å². The van der Waals surface area contributed by atoms with Gasteiger partial charge in [-0.25, -0.2) is 18.3 Å². The fraction of sp³-hybridized carbons (Fsp3) is 0.545. The van der Waals surface area contributed by atoms with Crippen molar-refractivity contribution in [2.75, 3.05) is 23.3 Å². The lowest BCUT2D eigenvalue weighted by Crippen LogP contribution is -2.22. The van der Waals surface area contributed by atoms with Crippen molar-refractivity contribution in [3.05, 3.63) is 35.9 Å². The molecule has 0 bridgehead atoms. The van der Waals surface area contributed by atoms with Gasteiger partial charge in [-0.2, -0.15) is 10.2 Å². The van der Waals surface area contributed by atoms with Crippen LogP contribution >= 0.6 is 0 Å². The van der Waals surface area contributed by atoms with E-state index >= 15 is 0 Å². The number of rotatable bonds is 5. The molecule has 2 fully saturated rings. The smallest absolute Gasteiger partial charge is 0.284 e. The molecule has 1 aliphatic heterocycles. The molecule has 3 aromatic heterocycles. The van der Waals surface area contributed by atoms with E-state index in [0.717, 1.165) is 25.7 Å². The van der Waals surface area contributed by atoms with Crippen molar-refractivity contribution < 1.29 is 18.7 Å². The first-order chi connectivity index (χ1) is 15.9. The number of halogens is 2. The fourth-order valence-electron chi connectivity index (χ4n) is 4.69. The minimum Gasteiger partial charge on any atom is -0.391 e. The van der Waals surface area contributed by atoms with Gasteiger partial charge in [0.05, 0.1) is 24.0 Å². The number of anilines is 2. The monoisotopic (exact) mass is 459 g/mol. The molecular formula is C22H27F2N7O2. The van der Waals surface area contributed by atoms with Crippen LogP contribution in [-0.4, -0.2) is 54.6 Å². The maximum Gasteiger partial charge on any atom is 0.284 e. The number of hydrogen-bond donors (Lipinski definition) is 2. The van der Waals surface area contributed by atoms with Crippen LogP contribution in [0, 0.1) is 5.92 Å². The Hall–Kier alpha value is -3.08. The molecule has 0 unspecified atom stereocenters. The zero-order chi connectivity index (χ0) is 23.1. The number of hydrogen-bond acceptors (Lipinski definition) is 6. The van der Waals surface area contributed by atoms with Crippen molar-refractivity contribution in [3.63, 3.8) is 0 Å². The number of nitrogens with one attached hydrogen (secondary N) is 1. The summed E-state index contributed by atoms with van der Waals surface area (Å²) in [6, 6.07) is 1.82. The lowest BCUT2D eigenvalue weighted by molar-refractivity contribution is 0.102. The summed E-state index contributed by atoms with van der Waals surface area (Å²) in [7, 11) is 0. The normalized spacial score (nSPS) is 23.5. The summed E-state index contributed by atoms with van der Waals surface area (Å²) in [6.07, 6.45) is 5.82. The third kappa shape index (κ3) is 4.29. The van der Waals surface area contributed by atoms with Gasteiger partial charge in [0.2, 0.25) is 0 Å². The lowest BCUT2D eigenvalue weighted by atomic mass is 9.87. The average molecular weight is 460 g/mol. The predicted octanol–water partition coefficient (Wildman–Crippen LogP) is 3.44. The van der Waals surface area contributed by atoms with Gasteiger partial charge < -0.3 is 15.3 Å². The van der Waals surface area contributed by atoms with Crippen LogP contribution in [0.2, 0.25) is 0 Å². The van der Waals surface area contributed by atoms with Gasteiger partial charge in [-0.15, -0.1) is 0 Å². The largest absolute Gasteiger partial charge is 0.391 e. The Morgan fingerprint density at radius 1 is 1.24 bits per heavy atom. The van der Waals surface area contributed by atoms with E-state index in [9.17, 15) is 18.7 Å². The minimum absolute atomic E-state index is 0.00629. The number of fused-ring (bicyclic) bond motifs is 1. The number of aliphatic hydroxyl groups is 1. The van der Waals surface area contributed by atoms with E-state index in [2.05, 4.69) is 27.4 Å². The van der Waals surface area contributed by atoms with Gasteiger partial charge in [0, 0.05) is 25.5 Å². The number of carbonyl (C=O) groups excluding carboxylic acids is 1. The topological polar surface area (TPSA) is 101 Å². The van der Waals surface area contributed by atoms with Crippen LogP contribution < -0.4 is 10.2 Å². The summed E-state index contributed by atoms with van der Waals surface area (Å²) >= 11 is 0. The third-order valence-corrected chi connectivity index (χ3v) is 6.66. The molecule has 9 nitrogen and oxygen atoms in total. The van der Waals surface area contributed by atoms with Gasteiger partial charge in [-0.1, -0.05) is 6.92 Å². The van der Waals surface area contributed by atoms with Gasteiger partial charge in [0.15, 0.2) is 11.3 Å². The molecule has 2 aliphatic rings. The summed E-state index contributed by atoms with van der Waals surface area (Å²) in [6.45, 7) is 3.32. The molecule has 4 heterocycles. The summed E-state index contributed by atoms with van der Waals surface area (Å²) in [5.74, 6) is 0.679. The third-order valence-electron chi connectivity index (χ3n) is 6.66. The Balaban J connectivity index is 1.40. The molecule has 1 saturated heterocycles. The first-order valence-electron chi connectivity index (χ1n) is 11.3. The van der Waals surface area contributed by atoms with Crippen LogP contribution in [0.15, 0.2) is 24.7 Å². The zero-order valence-electron chi connectivity index (χ0n) is 18.4. The minimum atomic E-state index is -2.81. The number of aromatic nitrogens is 5. The molecule has 3 aromatic rings. The average Bonchev–Trinajstić information content (AvgIpc) is 3.52. The Labute approximate surface area is 189 Å². The number of carbonyl (C=O) groups is 1. The molecule has 2 N–H and O–H groups in total. The van der Waals surface area contributed by atoms with Crippen LogP contribution in [-0.2, 0) is 0 Å². The molecule has 33 heavy (non-hydrogen) atoms. The van der Waals surface area contributed by atoms with E-state index < -0.39 is 24.1 Å². The number of β-amino-alcohol motifs (C(OH)–C–C–N with tert-alkyl or cyclic N) is 1. The van der Waals surface area contributed by atoms with Crippen LogP contribution in [0.5, 0.6) is 0 Å². The molecule has 5 rings (SSSR count). The molecule has 1 atom stereocenters. The molecular weight excluding hydrogens is 432 g/mol.